The maximum absolute atomic E-state index is 12.9. The van der Waals surface area contributed by atoms with E-state index in [0.29, 0.717) is 22.8 Å². The van der Waals surface area contributed by atoms with Crippen LogP contribution in [0.15, 0.2) is 30.6 Å². The van der Waals surface area contributed by atoms with Gasteiger partial charge in [-0.3, -0.25) is 20.4 Å². The molecule has 0 fully saturated rings. The number of benzene rings is 1. The van der Waals surface area contributed by atoms with E-state index in [1.807, 2.05) is 6.92 Å². The van der Waals surface area contributed by atoms with Gasteiger partial charge in [-0.2, -0.15) is 10.1 Å². The predicted molar refractivity (Wildman–Crippen MR) is 96.7 cm³/mol. The number of aromatic nitrogens is 4. The number of amides is 2. The largest absolute Gasteiger partial charge is 0.481 e. The standard InChI is InChI=1S/C18H19FN6O3/c1-10-15(11(2)25-18(22-10)20-9-21-25)8-16(26)23-24-17(27)12(3)28-14-6-4-13(19)5-7-14/h4-7,9,12H,8H2,1-3H3,(H,23,26)(H,24,27)/t12-/m0/s1. The van der Waals surface area contributed by atoms with Crippen molar-refractivity contribution in [1.29, 1.82) is 0 Å². The van der Waals surface area contributed by atoms with Crippen LogP contribution in [0.3, 0.4) is 0 Å². The number of hydrogen-bond acceptors (Lipinski definition) is 6. The SMILES string of the molecule is Cc1nc2ncnn2c(C)c1CC(=O)NNC(=O)[C@H](C)Oc1ccc(F)cc1. The zero-order valence-corrected chi connectivity index (χ0v) is 15.6. The van der Waals surface area contributed by atoms with Gasteiger partial charge in [0.15, 0.2) is 6.10 Å². The minimum atomic E-state index is -0.887. The number of ether oxygens (including phenoxy) is 1. The van der Waals surface area contributed by atoms with Crippen LogP contribution >= 0.6 is 0 Å². The Balaban J connectivity index is 1.56. The highest BCUT2D eigenvalue weighted by Crippen LogP contribution is 2.14. The van der Waals surface area contributed by atoms with E-state index in [0.717, 1.165) is 5.69 Å². The van der Waals surface area contributed by atoms with Gasteiger partial charge in [-0.15, -0.1) is 0 Å². The summed E-state index contributed by atoms with van der Waals surface area (Å²) in [4.78, 5) is 32.6. The predicted octanol–water partition coefficient (Wildman–Crippen LogP) is 1.04. The zero-order chi connectivity index (χ0) is 20.3. The van der Waals surface area contributed by atoms with E-state index in [2.05, 4.69) is 25.9 Å². The summed E-state index contributed by atoms with van der Waals surface area (Å²) < 4.78 is 19.8. The summed E-state index contributed by atoms with van der Waals surface area (Å²) >= 11 is 0. The molecule has 28 heavy (non-hydrogen) atoms. The van der Waals surface area contributed by atoms with Crippen molar-refractivity contribution in [2.24, 2.45) is 0 Å². The highest BCUT2D eigenvalue weighted by Gasteiger charge is 2.18. The third kappa shape index (κ3) is 4.22. The molecule has 146 valence electrons. The van der Waals surface area contributed by atoms with E-state index in [1.54, 1.807) is 11.4 Å². The first-order valence-corrected chi connectivity index (χ1v) is 8.52. The molecule has 2 N–H and O–H groups in total. The minimum Gasteiger partial charge on any atom is -0.481 e. The molecule has 0 bridgehead atoms. The van der Waals surface area contributed by atoms with Gasteiger partial charge in [0.25, 0.3) is 11.7 Å². The van der Waals surface area contributed by atoms with Crippen LogP contribution in [0, 0.1) is 19.7 Å². The molecule has 10 heteroatoms. The normalized spacial score (nSPS) is 11.9. The average molecular weight is 386 g/mol. The van der Waals surface area contributed by atoms with Crippen LogP contribution < -0.4 is 15.6 Å². The van der Waals surface area contributed by atoms with Gasteiger partial charge in [-0.1, -0.05) is 0 Å². The smallest absolute Gasteiger partial charge is 0.279 e. The first-order chi connectivity index (χ1) is 13.3. The van der Waals surface area contributed by atoms with E-state index >= 15 is 0 Å². The second-order valence-corrected chi connectivity index (χ2v) is 6.16. The number of halogens is 1. The number of carbonyl (C=O) groups is 2. The zero-order valence-electron chi connectivity index (χ0n) is 15.6. The van der Waals surface area contributed by atoms with Crippen molar-refractivity contribution in [1.82, 2.24) is 30.4 Å². The second-order valence-electron chi connectivity index (χ2n) is 6.16. The number of aryl methyl sites for hydroxylation is 2. The van der Waals surface area contributed by atoms with Gasteiger partial charge < -0.3 is 4.74 Å². The van der Waals surface area contributed by atoms with Crippen molar-refractivity contribution < 1.29 is 18.7 Å². The van der Waals surface area contributed by atoms with Crippen LogP contribution in [-0.4, -0.2) is 37.5 Å². The molecule has 1 aromatic carbocycles. The monoisotopic (exact) mass is 386 g/mol. The quantitative estimate of drug-likeness (QED) is 0.634. The Morgan fingerprint density at radius 3 is 2.64 bits per heavy atom. The molecule has 0 saturated heterocycles. The van der Waals surface area contributed by atoms with Crippen LogP contribution in [0.5, 0.6) is 5.75 Å². The number of hydrogen-bond donors (Lipinski definition) is 2. The molecule has 0 aliphatic carbocycles. The van der Waals surface area contributed by atoms with E-state index in [4.69, 9.17) is 4.74 Å². The van der Waals surface area contributed by atoms with E-state index in [1.165, 1.54) is 37.5 Å². The fraction of sp³-hybridized carbons (Fsp3) is 0.278. The van der Waals surface area contributed by atoms with E-state index in [-0.39, 0.29) is 6.42 Å². The van der Waals surface area contributed by atoms with Crippen LogP contribution in [0.25, 0.3) is 5.78 Å². The number of rotatable bonds is 5. The molecular weight excluding hydrogens is 367 g/mol. The van der Waals surface area contributed by atoms with Gasteiger partial charge >= 0.3 is 0 Å². The van der Waals surface area contributed by atoms with Gasteiger partial charge in [0.05, 0.1) is 6.42 Å². The molecular formula is C18H19FN6O3. The van der Waals surface area contributed by atoms with E-state index < -0.39 is 23.7 Å². The first kappa shape index (κ1) is 19.2. The number of carbonyl (C=O) groups excluding carboxylic acids is 2. The third-order valence-electron chi connectivity index (χ3n) is 4.15. The molecule has 1 atom stereocenters. The highest BCUT2D eigenvalue weighted by atomic mass is 19.1. The maximum Gasteiger partial charge on any atom is 0.279 e. The Hall–Kier alpha value is -3.56. The minimum absolute atomic E-state index is 0.00788. The molecule has 9 nitrogen and oxygen atoms in total. The van der Waals surface area contributed by atoms with E-state index in [9.17, 15) is 14.0 Å². The fourth-order valence-electron chi connectivity index (χ4n) is 2.62. The lowest BCUT2D eigenvalue weighted by Gasteiger charge is -2.15. The summed E-state index contributed by atoms with van der Waals surface area (Å²) in [7, 11) is 0. The maximum atomic E-state index is 12.9. The van der Waals surface area contributed by atoms with Gasteiger partial charge in [-0.25, -0.2) is 13.9 Å². The highest BCUT2D eigenvalue weighted by molar-refractivity contribution is 5.85. The molecule has 2 aromatic heterocycles. The molecule has 0 aliphatic heterocycles. The molecule has 0 unspecified atom stereocenters. The van der Waals surface area contributed by atoms with Gasteiger partial charge in [0.2, 0.25) is 5.91 Å². The lowest BCUT2D eigenvalue weighted by Crippen LogP contribution is -2.47. The Morgan fingerprint density at radius 2 is 1.93 bits per heavy atom. The van der Waals surface area contributed by atoms with Gasteiger partial charge in [0, 0.05) is 17.0 Å². The van der Waals surface area contributed by atoms with Crippen LogP contribution in [0.2, 0.25) is 0 Å². The summed E-state index contributed by atoms with van der Waals surface area (Å²) in [5, 5.41) is 4.07. The van der Waals surface area contributed by atoms with Crippen LogP contribution in [0.4, 0.5) is 4.39 Å². The van der Waals surface area contributed by atoms with Gasteiger partial charge in [0.1, 0.15) is 17.9 Å². The van der Waals surface area contributed by atoms with Crippen molar-refractivity contribution in [3.8, 4) is 5.75 Å². The summed E-state index contributed by atoms with van der Waals surface area (Å²) in [6.07, 6.45) is 0.511. The molecule has 2 heterocycles. The Bertz CT molecular complexity index is 1020. The number of nitrogens with zero attached hydrogens (tertiary/aromatic N) is 4. The summed E-state index contributed by atoms with van der Waals surface area (Å²) in [5.74, 6) is -0.570. The Labute approximate surface area is 159 Å². The molecule has 0 aliphatic rings. The van der Waals surface area contributed by atoms with Gasteiger partial charge in [-0.05, 0) is 45.0 Å². The molecule has 2 amide bonds. The second kappa shape index (κ2) is 7.99. The van der Waals surface area contributed by atoms with Crippen molar-refractivity contribution in [3.63, 3.8) is 0 Å². The topological polar surface area (TPSA) is 111 Å². The molecule has 3 aromatic rings. The lowest BCUT2D eigenvalue weighted by molar-refractivity contribution is -0.132. The first-order valence-electron chi connectivity index (χ1n) is 8.52. The van der Waals surface area contributed by atoms with Crippen molar-refractivity contribution in [2.75, 3.05) is 0 Å². The van der Waals surface area contributed by atoms with Crippen LogP contribution in [-0.2, 0) is 16.0 Å². The van der Waals surface area contributed by atoms with Crippen molar-refractivity contribution in [3.05, 3.63) is 53.4 Å². The summed E-state index contributed by atoms with van der Waals surface area (Å²) in [5.41, 5.74) is 6.76. The fourth-order valence-corrected chi connectivity index (χ4v) is 2.62. The number of hydrazine groups is 1. The number of fused-ring (bicyclic) bond motifs is 1. The van der Waals surface area contributed by atoms with Crippen LogP contribution in [0.1, 0.15) is 23.9 Å². The Kier molecular flexibility index (Phi) is 5.48. The van der Waals surface area contributed by atoms with Crippen molar-refractivity contribution >= 4 is 17.6 Å². The third-order valence-corrected chi connectivity index (χ3v) is 4.15. The average Bonchev–Trinajstić information content (AvgIpc) is 3.13. The molecule has 3 rings (SSSR count). The Morgan fingerprint density at radius 1 is 1.21 bits per heavy atom. The summed E-state index contributed by atoms with van der Waals surface area (Å²) in [6, 6.07) is 5.28. The lowest BCUT2D eigenvalue weighted by atomic mass is 10.1. The van der Waals surface area contributed by atoms with Crippen molar-refractivity contribution in [2.45, 2.75) is 33.3 Å². The molecule has 0 saturated carbocycles. The molecule has 0 radical (unpaired) electrons. The molecule has 0 spiro atoms. The number of nitrogens with one attached hydrogen (secondary N) is 2. The summed E-state index contributed by atoms with van der Waals surface area (Å²) in [6.45, 7) is 5.11.